The topological polar surface area (TPSA) is 64.0 Å². The number of amides is 1. The standard InChI is InChI=1S/C24H25N3O2/c1-4-16-9-11-18(12-10-16)23(29)20-14-21(28)25-24-22(20)15(3)26-27(24)19-8-6-7-17(5-2)13-19/h6-13,20H,4-5,14H2,1-3H3,(H,25,28)/t20-/m0/s1. The SMILES string of the molecule is CCc1ccc(C(=O)[C@H]2CC(=O)Nc3c2c(C)nn3-c2cccc(CC)c2)cc1. The Labute approximate surface area is 170 Å². The van der Waals surface area contributed by atoms with Crippen LogP contribution in [0.15, 0.2) is 48.5 Å². The van der Waals surface area contributed by atoms with E-state index in [0.29, 0.717) is 11.4 Å². The highest BCUT2D eigenvalue weighted by molar-refractivity contribution is 6.08. The van der Waals surface area contributed by atoms with Crippen LogP contribution in [0.1, 0.15) is 58.9 Å². The number of hydrogen-bond acceptors (Lipinski definition) is 3. The molecule has 5 heteroatoms. The second-order valence-electron chi connectivity index (χ2n) is 7.50. The fourth-order valence-electron chi connectivity index (χ4n) is 3.97. The van der Waals surface area contributed by atoms with E-state index in [0.717, 1.165) is 29.8 Å². The van der Waals surface area contributed by atoms with Crippen molar-refractivity contribution in [3.8, 4) is 5.69 Å². The van der Waals surface area contributed by atoms with Gasteiger partial charge in [-0.3, -0.25) is 9.59 Å². The maximum atomic E-state index is 13.3. The summed E-state index contributed by atoms with van der Waals surface area (Å²) in [5.74, 6) is -0.104. The lowest BCUT2D eigenvalue weighted by atomic mass is 9.85. The number of fused-ring (bicyclic) bond motifs is 1. The molecule has 5 nitrogen and oxygen atoms in total. The predicted molar refractivity (Wildman–Crippen MR) is 114 cm³/mol. The van der Waals surface area contributed by atoms with Crippen LogP contribution in [-0.4, -0.2) is 21.5 Å². The third-order valence-corrected chi connectivity index (χ3v) is 5.63. The number of carbonyl (C=O) groups is 2. The Morgan fingerprint density at radius 2 is 1.83 bits per heavy atom. The van der Waals surface area contributed by atoms with Gasteiger partial charge in [0.2, 0.25) is 5.91 Å². The molecule has 0 aliphatic carbocycles. The summed E-state index contributed by atoms with van der Waals surface area (Å²) < 4.78 is 1.75. The van der Waals surface area contributed by atoms with Crippen LogP contribution in [0.25, 0.3) is 5.69 Å². The van der Waals surface area contributed by atoms with E-state index in [9.17, 15) is 9.59 Å². The van der Waals surface area contributed by atoms with Gasteiger partial charge in [-0.25, -0.2) is 4.68 Å². The number of aromatic nitrogens is 2. The van der Waals surface area contributed by atoms with Gasteiger partial charge in [-0.2, -0.15) is 5.10 Å². The highest BCUT2D eigenvalue weighted by Crippen LogP contribution is 2.38. The van der Waals surface area contributed by atoms with Gasteiger partial charge >= 0.3 is 0 Å². The van der Waals surface area contributed by atoms with E-state index < -0.39 is 5.92 Å². The Bertz CT molecular complexity index is 1080. The minimum atomic E-state index is -0.519. The van der Waals surface area contributed by atoms with Gasteiger partial charge in [-0.1, -0.05) is 50.2 Å². The van der Waals surface area contributed by atoms with Gasteiger partial charge in [0.25, 0.3) is 0 Å². The molecule has 0 unspecified atom stereocenters. The van der Waals surface area contributed by atoms with Crippen molar-refractivity contribution in [3.63, 3.8) is 0 Å². The normalized spacial score (nSPS) is 15.7. The first-order chi connectivity index (χ1) is 14.0. The van der Waals surface area contributed by atoms with Crippen LogP contribution < -0.4 is 5.32 Å². The van der Waals surface area contributed by atoms with Crippen LogP contribution in [0.2, 0.25) is 0 Å². The molecule has 0 saturated heterocycles. The Balaban J connectivity index is 1.78. The van der Waals surface area contributed by atoms with Crippen molar-refractivity contribution >= 4 is 17.5 Å². The summed E-state index contributed by atoms with van der Waals surface area (Å²) >= 11 is 0. The van der Waals surface area contributed by atoms with E-state index in [1.807, 2.05) is 43.3 Å². The maximum absolute atomic E-state index is 13.3. The molecule has 1 N–H and O–H groups in total. The minimum Gasteiger partial charge on any atom is -0.310 e. The van der Waals surface area contributed by atoms with Crippen LogP contribution in [0, 0.1) is 6.92 Å². The lowest BCUT2D eigenvalue weighted by Crippen LogP contribution is -2.28. The molecule has 1 aliphatic heterocycles. The molecule has 0 saturated carbocycles. The smallest absolute Gasteiger partial charge is 0.226 e. The molecule has 1 atom stereocenters. The quantitative estimate of drug-likeness (QED) is 0.650. The first-order valence-corrected chi connectivity index (χ1v) is 10.1. The number of nitrogens with one attached hydrogen (secondary N) is 1. The molecule has 0 spiro atoms. The van der Waals surface area contributed by atoms with Crippen LogP contribution in [0.5, 0.6) is 0 Å². The Kier molecular flexibility index (Phi) is 5.05. The number of ketones is 1. The maximum Gasteiger partial charge on any atom is 0.226 e. The Morgan fingerprint density at radius 3 is 2.52 bits per heavy atom. The third kappa shape index (κ3) is 3.48. The molecule has 2 heterocycles. The number of rotatable bonds is 5. The van der Waals surface area contributed by atoms with Crippen molar-refractivity contribution in [1.82, 2.24) is 9.78 Å². The molecule has 3 aromatic rings. The zero-order valence-electron chi connectivity index (χ0n) is 17.0. The summed E-state index contributed by atoms with van der Waals surface area (Å²) in [7, 11) is 0. The largest absolute Gasteiger partial charge is 0.310 e. The number of benzene rings is 2. The first-order valence-electron chi connectivity index (χ1n) is 10.1. The van der Waals surface area contributed by atoms with E-state index in [-0.39, 0.29) is 18.1 Å². The number of anilines is 1. The van der Waals surface area contributed by atoms with Gasteiger partial charge in [0.15, 0.2) is 5.78 Å². The molecular weight excluding hydrogens is 362 g/mol. The molecule has 1 amide bonds. The van der Waals surface area contributed by atoms with Crippen molar-refractivity contribution in [2.24, 2.45) is 0 Å². The number of Topliss-reactive ketones (excluding diaryl/α,β-unsaturated/α-hetero) is 1. The summed E-state index contributed by atoms with van der Waals surface area (Å²) in [5.41, 5.74) is 5.47. The summed E-state index contributed by atoms with van der Waals surface area (Å²) in [4.78, 5) is 25.8. The lowest BCUT2D eigenvalue weighted by molar-refractivity contribution is -0.116. The summed E-state index contributed by atoms with van der Waals surface area (Å²) in [5, 5.41) is 7.62. The second kappa shape index (κ2) is 7.66. The zero-order valence-corrected chi connectivity index (χ0v) is 17.0. The van der Waals surface area contributed by atoms with E-state index in [1.54, 1.807) is 4.68 Å². The van der Waals surface area contributed by atoms with Crippen LogP contribution in [0.3, 0.4) is 0 Å². The van der Waals surface area contributed by atoms with Gasteiger partial charge in [0.05, 0.1) is 17.3 Å². The van der Waals surface area contributed by atoms with Gasteiger partial charge in [-0.05, 0) is 43.0 Å². The molecule has 0 bridgehead atoms. The van der Waals surface area contributed by atoms with Crippen molar-refractivity contribution in [2.45, 2.75) is 46.0 Å². The fraction of sp³-hybridized carbons (Fsp3) is 0.292. The van der Waals surface area contributed by atoms with E-state index in [2.05, 4.69) is 36.4 Å². The molecular formula is C24H25N3O2. The molecule has 4 rings (SSSR count). The van der Waals surface area contributed by atoms with Crippen molar-refractivity contribution < 1.29 is 9.59 Å². The second-order valence-corrected chi connectivity index (χ2v) is 7.50. The van der Waals surface area contributed by atoms with Crippen molar-refractivity contribution in [2.75, 3.05) is 5.32 Å². The van der Waals surface area contributed by atoms with Crippen LogP contribution >= 0.6 is 0 Å². The van der Waals surface area contributed by atoms with Crippen molar-refractivity contribution in [3.05, 3.63) is 76.5 Å². The van der Waals surface area contributed by atoms with Gasteiger partial charge in [0, 0.05) is 17.5 Å². The van der Waals surface area contributed by atoms with E-state index in [1.165, 1.54) is 11.1 Å². The van der Waals surface area contributed by atoms with E-state index in [4.69, 9.17) is 0 Å². The Hall–Kier alpha value is -3.21. The van der Waals surface area contributed by atoms with Crippen LogP contribution in [-0.2, 0) is 17.6 Å². The molecule has 148 valence electrons. The van der Waals surface area contributed by atoms with Gasteiger partial charge in [0.1, 0.15) is 5.82 Å². The van der Waals surface area contributed by atoms with Gasteiger partial charge < -0.3 is 5.32 Å². The highest BCUT2D eigenvalue weighted by atomic mass is 16.2. The number of aryl methyl sites for hydroxylation is 3. The zero-order chi connectivity index (χ0) is 20.5. The summed E-state index contributed by atoms with van der Waals surface area (Å²) in [6, 6.07) is 15.8. The molecule has 0 radical (unpaired) electrons. The minimum absolute atomic E-state index is 0.0336. The molecule has 0 fully saturated rings. The molecule has 29 heavy (non-hydrogen) atoms. The number of nitrogens with zero attached hydrogens (tertiary/aromatic N) is 2. The Morgan fingerprint density at radius 1 is 1.10 bits per heavy atom. The van der Waals surface area contributed by atoms with E-state index >= 15 is 0 Å². The first kappa shape index (κ1) is 19.1. The monoisotopic (exact) mass is 387 g/mol. The number of carbonyl (C=O) groups excluding carboxylic acids is 2. The predicted octanol–water partition coefficient (Wildman–Crippen LogP) is 4.61. The summed E-state index contributed by atoms with van der Waals surface area (Å²) in [6.45, 7) is 6.08. The molecule has 1 aromatic heterocycles. The third-order valence-electron chi connectivity index (χ3n) is 5.63. The molecule has 1 aliphatic rings. The lowest BCUT2D eigenvalue weighted by Gasteiger charge is -2.23. The fourth-order valence-corrected chi connectivity index (χ4v) is 3.97. The highest BCUT2D eigenvalue weighted by Gasteiger charge is 2.36. The van der Waals surface area contributed by atoms with Crippen LogP contribution in [0.4, 0.5) is 5.82 Å². The number of hydrogen-bond donors (Lipinski definition) is 1. The van der Waals surface area contributed by atoms with Gasteiger partial charge in [-0.15, -0.1) is 0 Å². The average Bonchev–Trinajstić information content (AvgIpc) is 3.09. The summed E-state index contributed by atoms with van der Waals surface area (Å²) in [6.07, 6.45) is 1.98. The molecule has 2 aromatic carbocycles. The average molecular weight is 387 g/mol. The van der Waals surface area contributed by atoms with Crippen molar-refractivity contribution in [1.29, 1.82) is 0 Å².